The molecule has 1 rings (SSSR count). The van der Waals surface area contributed by atoms with Gasteiger partial charge in [-0.2, -0.15) is 0 Å². The van der Waals surface area contributed by atoms with E-state index in [0.29, 0.717) is 17.9 Å². The van der Waals surface area contributed by atoms with Gasteiger partial charge in [0.15, 0.2) is 0 Å². The summed E-state index contributed by atoms with van der Waals surface area (Å²) in [6.07, 6.45) is 1.59. The first-order valence-electron chi connectivity index (χ1n) is 5.15. The van der Waals surface area contributed by atoms with Crippen LogP contribution in [0.15, 0.2) is 36.9 Å². The van der Waals surface area contributed by atoms with E-state index in [4.69, 9.17) is 0 Å². The number of benzene rings is 1. The molecule has 0 aromatic heterocycles. The third-order valence-corrected chi connectivity index (χ3v) is 1.85. The zero-order valence-electron chi connectivity index (χ0n) is 9.62. The van der Waals surface area contributed by atoms with Crippen LogP contribution >= 0.6 is 0 Å². The average Bonchev–Trinajstić information content (AvgIpc) is 2.26. The van der Waals surface area contributed by atoms with Gasteiger partial charge in [0.1, 0.15) is 0 Å². The molecule has 0 saturated carbocycles. The smallest absolute Gasteiger partial charge is 0.319 e. The maximum Gasteiger partial charge on any atom is 0.319 e. The van der Waals surface area contributed by atoms with Crippen molar-refractivity contribution in [3.05, 3.63) is 36.9 Å². The minimum absolute atomic E-state index is 0.154. The van der Waals surface area contributed by atoms with E-state index >= 15 is 0 Å². The highest BCUT2D eigenvalue weighted by Crippen LogP contribution is 2.14. The molecule has 17 heavy (non-hydrogen) atoms. The normalized spacial score (nSPS) is 9.24. The van der Waals surface area contributed by atoms with Crippen LogP contribution in [0.2, 0.25) is 0 Å². The third kappa shape index (κ3) is 4.83. The van der Waals surface area contributed by atoms with Gasteiger partial charge in [-0.1, -0.05) is 12.1 Å². The van der Waals surface area contributed by atoms with Gasteiger partial charge in [-0.05, 0) is 18.2 Å². The minimum Gasteiger partial charge on any atom is -0.334 e. The number of carbonyl (C=O) groups excluding carboxylic acids is 2. The molecule has 90 valence electrons. The summed E-state index contributed by atoms with van der Waals surface area (Å²) in [5.74, 6) is -0.154. The molecule has 0 atom stereocenters. The molecule has 1 aromatic rings. The largest absolute Gasteiger partial charge is 0.334 e. The summed E-state index contributed by atoms with van der Waals surface area (Å²) >= 11 is 0. The van der Waals surface area contributed by atoms with E-state index in [-0.39, 0.29) is 11.9 Å². The lowest BCUT2D eigenvalue weighted by Crippen LogP contribution is -2.28. The molecule has 0 aliphatic heterocycles. The predicted octanol–water partition coefficient (Wildman–Crippen LogP) is 1.95. The number of carbonyl (C=O) groups is 2. The third-order valence-electron chi connectivity index (χ3n) is 1.85. The van der Waals surface area contributed by atoms with Gasteiger partial charge in [0.05, 0.1) is 0 Å². The molecule has 0 aliphatic rings. The highest BCUT2D eigenvalue weighted by molar-refractivity contribution is 5.92. The molecule has 3 amide bonds. The van der Waals surface area contributed by atoms with Gasteiger partial charge >= 0.3 is 6.03 Å². The van der Waals surface area contributed by atoms with Crippen LogP contribution in [0.25, 0.3) is 0 Å². The Morgan fingerprint density at radius 3 is 2.53 bits per heavy atom. The molecule has 5 heteroatoms. The van der Waals surface area contributed by atoms with E-state index in [0.717, 1.165) is 0 Å². The predicted molar refractivity (Wildman–Crippen MR) is 68.0 cm³/mol. The van der Waals surface area contributed by atoms with Crippen molar-refractivity contribution in [2.75, 3.05) is 17.2 Å². The van der Waals surface area contributed by atoms with E-state index in [1.807, 2.05) is 0 Å². The van der Waals surface area contributed by atoms with Crippen LogP contribution in [0.1, 0.15) is 6.92 Å². The Balaban J connectivity index is 2.61. The topological polar surface area (TPSA) is 70.2 Å². The highest BCUT2D eigenvalue weighted by Gasteiger charge is 2.01. The number of hydrogen-bond donors (Lipinski definition) is 3. The number of hydrogen-bond acceptors (Lipinski definition) is 2. The van der Waals surface area contributed by atoms with Gasteiger partial charge in [-0.25, -0.2) is 4.79 Å². The molecule has 0 saturated heterocycles. The van der Waals surface area contributed by atoms with Crippen LogP contribution in [0, 0.1) is 0 Å². The Morgan fingerprint density at radius 2 is 1.94 bits per heavy atom. The van der Waals surface area contributed by atoms with Crippen LogP contribution in [-0.4, -0.2) is 18.5 Å². The standard InChI is InChI=1S/C12H15N3O2/c1-3-7-13-12(17)15-11-6-4-5-10(8-11)14-9(2)16/h3-6,8H,1,7H2,2H3,(H,14,16)(H2,13,15,17). The van der Waals surface area contributed by atoms with Gasteiger partial charge in [0.2, 0.25) is 5.91 Å². The summed E-state index contributed by atoms with van der Waals surface area (Å²) in [4.78, 5) is 22.2. The lowest BCUT2D eigenvalue weighted by atomic mass is 10.3. The van der Waals surface area contributed by atoms with Crippen molar-refractivity contribution in [3.8, 4) is 0 Å². The summed E-state index contributed by atoms with van der Waals surface area (Å²) in [7, 11) is 0. The first-order chi connectivity index (χ1) is 8.11. The van der Waals surface area contributed by atoms with Crippen LogP contribution < -0.4 is 16.0 Å². The SMILES string of the molecule is C=CCNC(=O)Nc1cccc(NC(C)=O)c1. The van der Waals surface area contributed by atoms with Crippen molar-refractivity contribution in [1.82, 2.24) is 5.32 Å². The molecule has 0 aliphatic carbocycles. The molecular weight excluding hydrogens is 218 g/mol. The van der Waals surface area contributed by atoms with Crippen molar-refractivity contribution in [3.63, 3.8) is 0 Å². The van der Waals surface area contributed by atoms with Gasteiger partial charge < -0.3 is 16.0 Å². The number of urea groups is 1. The van der Waals surface area contributed by atoms with Crippen LogP contribution in [0.4, 0.5) is 16.2 Å². The van der Waals surface area contributed by atoms with Crippen LogP contribution in [0.3, 0.4) is 0 Å². The summed E-state index contributed by atoms with van der Waals surface area (Å²) in [6, 6.07) is 6.58. The second kappa shape index (κ2) is 6.32. The Morgan fingerprint density at radius 1 is 1.29 bits per heavy atom. The number of anilines is 2. The zero-order chi connectivity index (χ0) is 12.7. The van der Waals surface area contributed by atoms with Crippen LogP contribution in [-0.2, 0) is 4.79 Å². The van der Waals surface area contributed by atoms with Crippen molar-refractivity contribution in [2.45, 2.75) is 6.92 Å². The monoisotopic (exact) mass is 233 g/mol. The van der Waals surface area contributed by atoms with Gasteiger partial charge in [-0.3, -0.25) is 4.79 Å². The second-order valence-electron chi connectivity index (χ2n) is 3.39. The van der Waals surface area contributed by atoms with E-state index in [9.17, 15) is 9.59 Å². The molecular formula is C12H15N3O2. The van der Waals surface area contributed by atoms with Crippen molar-refractivity contribution in [2.24, 2.45) is 0 Å². The minimum atomic E-state index is -0.315. The molecule has 3 N–H and O–H groups in total. The molecule has 0 unspecified atom stereocenters. The summed E-state index contributed by atoms with van der Waals surface area (Å²) in [5, 5.41) is 7.86. The zero-order valence-corrected chi connectivity index (χ0v) is 9.62. The molecule has 5 nitrogen and oxygen atoms in total. The Hall–Kier alpha value is -2.30. The molecule has 1 aromatic carbocycles. The lowest BCUT2D eigenvalue weighted by Gasteiger charge is -2.08. The van der Waals surface area contributed by atoms with Gasteiger partial charge in [0, 0.05) is 24.8 Å². The fourth-order valence-electron chi connectivity index (χ4n) is 1.22. The summed E-state index contributed by atoms with van der Waals surface area (Å²) in [5.41, 5.74) is 1.25. The van der Waals surface area contributed by atoms with Crippen molar-refractivity contribution in [1.29, 1.82) is 0 Å². The molecule has 0 heterocycles. The quantitative estimate of drug-likeness (QED) is 0.696. The van der Waals surface area contributed by atoms with E-state index in [1.165, 1.54) is 6.92 Å². The first-order valence-corrected chi connectivity index (χ1v) is 5.15. The number of amides is 3. The van der Waals surface area contributed by atoms with Gasteiger partial charge in [-0.15, -0.1) is 6.58 Å². The lowest BCUT2D eigenvalue weighted by molar-refractivity contribution is -0.114. The fraction of sp³-hybridized carbons (Fsp3) is 0.167. The highest BCUT2D eigenvalue weighted by atomic mass is 16.2. The van der Waals surface area contributed by atoms with E-state index in [1.54, 1.807) is 30.3 Å². The van der Waals surface area contributed by atoms with E-state index < -0.39 is 0 Å². The molecule has 0 fully saturated rings. The van der Waals surface area contributed by atoms with Crippen LogP contribution in [0.5, 0.6) is 0 Å². The number of nitrogens with one attached hydrogen (secondary N) is 3. The van der Waals surface area contributed by atoms with E-state index in [2.05, 4.69) is 22.5 Å². The first kappa shape index (κ1) is 12.8. The molecule has 0 radical (unpaired) electrons. The van der Waals surface area contributed by atoms with Crippen molar-refractivity contribution >= 4 is 23.3 Å². The summed E-state index contributed by atoms with van der Waals surface area (Å²) in [6.45, 7) is 5.32. The number of rotatable bonds is 4. The maximum atomic E-state index is 11.3. The molecule has 0 bridgehead atoms. The summed E-state index contributed by atoms with van der Waals surface area (Å²) < 4.78 is 0. The van der Waals surface area contributed by atoms with Gasteiger partial charge in [0.25, 0.3) is 0 Å². The average molecular weight is 233 g/mol. The Labute approximate surface area is 99.9 Å². The Bertz CT molecular complexity index is 430. The second-order valence-corrected chi connectivity index (χ2v) is 3.39. The molecule has 0 spiro atoms. The Kier molecular flexibility index (Phi) is 4.75. The van der Waals surface area contributed by atoms with Crippen molar-refractivity contribution < 1.29 is 9.59 Å². The maximum absolute atomic E-state index is 11.3. The fourth-order valence-corrected chi connectivity index (χ4v) is 1.22.